The van der Waals surface area contributed by atoms with Crippen LogP contribution in [0, 0.1) is 11.8 Å². The summed E-state index contributed by atoms with van der Waals surface area (Å²) in [6.45, 7) is 3.70. The Balaban J connectivity index is 1.64. The molecule has 12 heteroatoms. The van der Waals surface area contributed by atoms with E-state index in [2.05, 4.69) is 22.2 Å². The zero-order valence-electron chi connectivity index (χ0n) is 23.2. The van der Waals surface area contributed by atoms with Crippen LogP contribution in [-0.4, -0.2) is 75.0 Å². The summed E-state index contributed by atoms with van der Waals surface area (Å²) in [7, 11) is -2.03. The average molecular weight is 593 g/mol. The van der Waals surface area contributed by atoms with Gasteiger partial charge in [-0.1, -0.05) is 12.0 Å². The van der Waals surface area contributed by atoms with Crippen LogP contribution in [0.1, 0.15) is 26.0 Å². The van der Waals surface area contributed by atoms with Crippen LogP contribution in [0.15, 0.2) is 52.4 Å². The van der Waals surface area contributed by atoms with E-state index in [1.807, 2.05) is 18.7 Å². The summed E-state index contributed by atoms with van der Waals surface area (Å²) in [4.78, 5) is 6.67. The SMILES string of the molecule is COc1cc(S(C)(=O)=O)ccc1NCC#Cc1cc2c(N=C3CCN(C(C)C)C[C@H]3F)cccc2n1CC(F)(F)F. The van der Waals surface area contributed by atoms with Crippen LogP contribution in [0.3, 0.4) is 0 Å². The number of anilines is 1. The molecule has 2 aromatic carbocycles. The summed E-state index contributed by atoms with van der Waals surface area (Å²) < 4.78 is 85.5. The average Bonchev–Trinajstić information content (AvgIpc) is 3.23. The maximum atomic E-state index is 14.9. The van der Waals surface area contributed by atoms with Crippen molar-refractivity contribution in [2.45, 2.75) is 50.1 Å². The number of rotatable bonds is 7. The Morgan fingerprint density at radius 2 is 1.95 bits per heavy atom. The number of sulfone groups is 1. The summed E-state index contributed by atoms with van der Waals surface area (Å²) >= 11 is 0. The number of alkyl halides is 4. The third-order valence-corrected chi connectivity index (χ3v) is 7.96. The third-order valence-electron chi connectivity index (χ3n) is 6.85. The van der Waals surface area contributed by atoms with Crippen molar-refractivity contribution in [2.75, 3.05) is 38.3 Å². The van der Waals surface area contributed by atoms with Crippen molar-refractivity contribution in [1.29, 1.82) is 0 Å². The van der Waals surface area contributed by atoms with Crippen molar-refractivity contribution >= 4 is 37.8 Å². The minimum atomic E-state index is -4.50. The molecule has 1 fully saturated rings. The molecule has 220 valence electrons. The molecule has 0 radical (unpaired) electrons. The smallest absolute Gasteiger partial charge is 0.406 e. The van der Waals surface area contributed by atoms with Crippen LogP contribution in [-0.2, 0) is 16.4 Å². The zero-order chi connectivity index (χ0) is 29.9. The number of nitrogens with one attached hydrogen (secondary N) is 1. The molecule has 1 aliphatic heterocycles. The summed E-state index contributed by atoms with van der Waals surface area (Å²) in [5, 5.41) is 3.46. The van der Waals surface area contributed by atoms with Crippen LogP contribution >= 0.6 is 0 Å². The van der Waals surface area contributed by atoms with E-state index >= 15 is 0 Å². The quantitative estimate of drug-likeness (QED) is 0.286. The van der Waals surface area contributed by atoms with Crippen molar-refractivity contribution < 1.29 is 30.7 Å². The number of aliphatic imine (C=N–C) groups is 1. The van der Waals surface area contributed by atoms with Crippen LogP contribution in [0.2, 0.25) is 0 Å². The number of fused-ring (bicyclic) bond motifs is 1. The van der Waals surface area contributed by atoms with Crippen molar-refractivity contribution in [3.63, 3.8) is 0 Å². The molecule has 0 bridgehead atoms. The van der Waals surface area contributed by atoms with Crippen molar-refractivity contribution in [1.82, 2.24) is 9.47 Å². The van der Waals surface area contributed by atoms with Crippen molar-refractivity contribution in [3.8, 4) is 17.6 Å². The number of aromatic nitrogens is 1. The van der Waals surface area contributed by atoms with Gasteiger partial charge in [-0.2, -0.15) is 13.2 Å². The molecule has 0 amide bonds. The van der Waals surface area contributed by atoms with Gasteiger partial charge in [-0.25, -0.2) is 12.8 Å². The number of methoxy groups -OCH3 is 1. The summed E-state index contributed by atoms with van der Waals surface area (Å²) in [5.41, 5.74) is 1.70. The summed E-state index contributed by atoms with van der Waals surface area (Å²) in [6.07, 6.45) is -4.23. The highest BCUT2D eigenvalue weighted by atomic mass is 32.2. The zero-order valence-corrected chi connectivity index (χ0v) is 24.0. The molecule has 0 spiro atoms. The lowest BCUT2D eigenvalue weighted by atomic mass is 10.0. The lowest BCUT2D eigenvalue weighted by Crippen LogP contribution is -2.45. The Morgan fingerprint density at radius 3 is 2.59 bits per heavy atom. The molecule has 41 heavy (non-hydrogen) atoms. The Kier molecular flexibility index (Phi) is 8.99. The lowest BCUT2D eigenvalue weighted by Gasteiger charge is -2.33. The van der Waals surface area contributed by atoms with E-state index in [0.717, 1.165) is 10.8 Å². The van der Waals surface area contributed by atoms with Gasteiger partial charge in [0.2, 0.25) is 0 Å². The van der Waals surface area contributed by atoms with Gasteiger partial charge in [0, 0.05) is 43.3 Å². The second-order valence-electron chi connectivity index (χ2n) is 10.1. The van der Waals surface area contributed by atoms with E-state index in [9.17, 15) is 26.0 Å². The van der Waals surface area contributed by atoms with Crippen LogP contribution in [0.4, 0.5) is 28.9 Å². The van der Waals surface area contributed by atoms with Crippen LogP contribution < -0.4 is 10.1 Å². The van der Waals surface area contributed by atoms with Gasteiger partial charge in [0.05, 0.1) is 46.8 Å². The van der Waals surface area contributed by atoms with E-state index in [4.69, 9.17) is 4.74 Å². The Morgan fingerprint density at radius 1 is 1.20 bits per heavy atom. The highest BCUT2D eigenvalue weighted by Gasteiger charge is 2.30. The first kappa shape index (κ1) is 30.4. The number of benzene rings is 2. The van der Waals surface area contributed by atoms with E-state index < -0.39 is 28.7 Å². The van der Waals surface area contributed by atoms with Crippen molar-refractivity contribution in [3.05, 3.63) is 48.2 Å². The normalized spacial score (nSPS) is 17.6. The molecule has 2 heterocycles. The van der Waals surface area contributed by atoms with Gasteiger partial charge in [0.15, 0.2) is 16.0 Å². The number of hydrogen-bond acceptors (Lipinski definition) is 6. The molecule has 1 atom stereocenters. The highest BCUT2D eigenvalue weighted by molar-refractivity contribution is 7.90. The fraction of sp³-hybridized carbons (Fsp3) is 0.414. The standard InChI is InChI=1S/C29H32F4N4O3S/c1-19(2)36-14-12-25(23(30)17-36)35-24-8-5-9-27-22(24)15-20(37(27)18-29(31,32)33)7-6-13-34-26-11-10-21(41(4,38)39)16-28(26)40-3/h5,8-11,15-16,19,23,34H,12-14,17-18H2,1-4H3/t23-/m1/s1. The number of piperidine rings is 1. The molecule has 1 aliphatic rings. The van der Waals surface area contributed by atoms with Crippen molar-refractivity contribution in [2.24, 2.45) is 4.99 Å². The summed E-state index contributed by atoms with van der Waals surface area (Å²) in [6, 6.07) is 10.9. The largest absolute Gasteiger partial charge is 0.495 e. The monoisotopic (exact) mass is 592 g/mol. The molecular weight excluding hydrogens is 560 g/mol. The van der Waals surface area contributed by atoms with Gasteiger partial charge in [0.1, 0.15) is 12.3 Å². The Labute approximate surface area is 237 Å². The number of hydrogen-bond donors (Lipinski definition) is 1. The fourth-order valence-corrected chi connectivity index (χ4v) is 5.35. The highest BCUT2D eigenvalue weighted by Crippen LogP contribution is 2.33. The predicted octanol–water partition coefficient (Wildman–Crippen LogP) is 5.60. The van der Waals surface area contributed by atoms with Gasteiger partial charge in [0.25, 0.3) is 0 Å². The molecule has 1 aromatic heterocycles. The first-order valence-electron chi connectivity index (χ1n) is 13.0. The molecule has 0 aliphatic carbocycles. The van der Waals surface area contributed by atoms with Gasteiger partial charge < -0.3 is 14.6 Å². The first-order valence-corrected chi connectivity index (χ1v) is 14.9. The topological polar surface area (TPSA) is 75.9 Å². The lowest BCUT2D eigenvalue weighted by molar-refractivity contribution is -0.140. The molecule has 7 nitrogen and oxygen atoms in total. The minimum absolute atomic E-state index is 0.0488. The second kappa shape index (κ2) is 12.1. The summed E-state index contributed by atoms with van der Waals surface area (Å²) in [5.74, 6) is 5.93. The van der Waals surface area contributed by atoms with Gasteiger partial charge >= 0.3 is 6.18 Å². The number of likely N-dealkylation sites (tertiary alicyclic amines) is 1. The molecule has 3 aromatic rings. The predicted molar refractivity (Wildman–Crippen MR) is 153 cm³/mol. The number of nitrogens with zero attached hydrogens (tertiary/aromatic N) is 3. The molecule has 1 saturated heterocycles. The fourth-order valence-electron chi connectivity index (χ4n) is 4.71. The van der Waals surface area contributed by atoms with E-state index in [-0.39, 0.29) is 35.5 Å². The van der Waals surface area contributed by atoms with Crippen LogP contribution in [0.25, 0.3) is 10.9 Å². The third kappa shape index (κ3) is 7.40. The minimum Gasteiger partial charge on any atom is -0.495 e. The second-order valence-corrected chi connectivity index (χ2v) is 12.2. The molecular formula is C29H32F4N4O3S. The Bertz CT molecular complexity index is 1620. The maximum Gasteiger partial charge on any atom is 0.406 e. The Hall–Kier alpha value is -3.56. The maximum absolute atomic E-state index is 14.9. The van der Waals surface area contributed by atoms with E-state index in [1.54, 1.807) is 24.3 Å². The first-order chi connectivity index (χ1) is 19.3. The van der Waals surface area contributed by atoms with E-state index in [1.165, 1.54) is 25.3 Å². The number of ether oxygens (including phenoxy) is 1. The van der Waals surface area contributed by atoms with Gasteiger partial charge in [-0.15, -0.1) is 0 Å². The van der Waals surface area contributed by atoms with Crippen LogP contribution in [0.5, 0.6) is 5.75 Å². The molecule has 1 N–H and O–H groups in total. The van der Waals surface area contributed by atoms with Gasteiger partial charge in [-0.05, 0) is 50.1 Å². The van der Waals surface area contributed by atoms with Gasteiger partial charge in [-0.3, -0.25) is 9.89 Å². The number of halogens is 4. The van der Waals surface area contributed by atoms with E-state index in [0.29, 0.717) is 41.0 Å². The molecule has 0 unspecified atom stereocenters. The molecule has 4 rings (SSSR count). The molecule has 0 saturated carbocycles.